The first-order chi connectivity index (χ1) is 18.7. The number of nitro benzene ring substituents is 1. The molecule has 39 heavy (non-hydrogen) atoms. The van der Waals surface area contributed by atoms with Crippen molar-refractivity contribution in [3.63, 3.8) is 0 Å². The lowest BCUT2D eigenvalue weighted by Crippen LogP contribution is -2.27. The van der Waals surface area contributed by atoms with Crippen molar-refractivity contribution in [3.8, 4) is 11.5 Å². The number of amides is 1. The Morgan fingerprint density at radius 2 is 1.74 bits per heavy atom. The number of ketones is 1. The van der Waals surface area contributed by atoms with E-state index in [2.05, 4.69) is 0 Å². The topological polar surface area (TPSA) is 142 Å². The molecule has 1 amide bonds. The lowest BCUT2D eigenvalue weighted by Gasteiger charge is -2.16. The van der Waals surface area contributed by atoms with E-state index in [4.69, 9.17) is 14.2 Å². The number of carbonyl (C=O) groups excluding carboxylic acids is 4. The highest BCUT2D eigenvalue weighted by molar-refractivity contribution is 6.01. The fourth-order valence-electron chi connectivity index (χ4n) is 4.04. The number of hydrogen-bond acceptors (Lipinski definition) is 9. The Morgan fingerprint density at radius 3 is 2.44 bits per heavy atom. The molecule has 1 atom stereocenters. The predicted octanol–water partition coefficient (Wildman–Crippen LogP) is 3.91. The zero-order chi connectivity index (χ0) is 28.1. The van der Waals surface area contributed by atoms with Crippen LogP contribution in [0.1, 0.15) is 32.7 Å². The van der Waals surface area contributed by atoms with Crippen molar-refractivity contribution in [3.05, 3.63) is 93.5 Å². The summed E-state index contributed by atoms with van der Waals surface area (Å²) in [5.41, 5.74) is 1.17. The second kappa shape index (κ2) is 11.5. The lowest BCUT2D eigenvalue weighted by molar-refractivity contribution is -0.385. The van der Waals surface area contributed by atoms with Gasteiger partial charge >= 0.3 is 11.9 Å². The summed E-state index contributed by atoms with van der Waals surface area (Å²) in [6.45, 7) is 1.04. The van der Waals surface area contributed by atoms with Crippen LogP contribution in [0.4, 0.5) is 11.4 Å². The third kappa shape index (κ3) is 6.27. The van der Waals surface area contributed by atoms with Crippen LogP contribution in [0.15, 0.2) is 66.7 Å². The average molecular weight is 533 g/mol. The molecule has 0 aromatic heterocycles. The molecule has 0 N–H and O–H groups in total. The summed E-state index contributed by atoms with van der Waals surface area (Å²) in [7, 11) is 1.49. The van der Waals surface area contributed by atoms with Crippen molar-refractivity contribution in [2.45, 2.75) is 13.3 Å². The van der Waals surface area contributed by atoms with Crippen molar-refractivity contribution in [2.24, 2.45) is 5.92 Å². The number of rotatable bonds is 9. The number of benzene rings is 3. The van der Waals surface area contributed by atoms with Crippen LogP contribution < -0.4 is 14.4 Å². The van der Waals surface area contributed by atoms with Gasteiger partial charge in [-0.05, 0) is 55.5 Å². The second-order valence-electron chi connectivity index (χ2n) is 8.81. The van der Waals surface area contributed by atoms with Gasteiger partial charge in [0.05, 0.1) is 29.2 Å². The summed E-state index contributed by atoms with van der Waals surface area (Å²) in [4.78, 5) is 61.9. The number of nitro groups is 1. The first-order valence-electron chi connectivity index (χ1n) is 11.9. The van der Waals surface area contributed by atoms with E-state index in [1.165, 1.54) is 54.5 Å². The van der Waals surface area contributed by atoms with Gasteiger partial charge in [-0.3, -0.25) is 24.5 Å². The Kier molecular flexibility index (Phi) is 7.99. The summed E-state index contributed by atoms with van der Waals surface area (Å²) in [5.74, 6) is -2.26. The van der Waals surface area contributed by atoms with Crippen molar-refractivity contribution in [2.75, 3.05) is 25.2 Å². The first-order valence-corrected chi connectivity index (χ1v) is 11.9. The monoisotopic (exact) mass is 532 g/mol. The Bertz CT molecular complexity index is 1450. The molecule has 1 heterocycles. The quantitative estimate of drug-likeness (QED) is 0.132. The van der Waals surface area contributed by atoms with Crippen molar-refractivity contribution in [1.29, 1.82) is 0 Å². The maximum absolute atomic E-state index is 12.6. The highest BCUT2D eigenvalue weighted by Crippen LogP contribution is 2.30. The maximum atomic E-state index is 12.6. The Hall–Kier alpha value is -5.06. The van der Waals surface area contributed by atoms with Gasteiger partial charge < -0.3 is 19.1 Å². The second-order valence-corrected chi connectivity index (χ2v) is 8.81. The van der Waals surface area contributed by atoms with Crippen LogP contribution in [-0.2, 0) is 14.3 Å². The summed E-state index contributed by atoms with van der Waals surface area (Å²) in [5, 5.41) is 11.2. The summed E-state index contributed by atoms with van der Waals surface area (Å²) < 4.78 is 15.6. The van der Waals surface area contributed by atoms with Crippen LogP contribution in [0, 0.1) is 23.0 Å². The van der Waals surface area contributed by atoms with Crippen LogP contribution in [0.3, 0.4) is 0 Å². The van der Waals surface area contributed by atoms with Crippen LogP contribution in [0.2, 0.25) is 0 Å². The number of anilines is 1. The van der Waals surface area contributed by atoms with E-state index in [0.29, 0.717) is 22.6 Å². The van der Waals surface area contributed by atoms with E-state index < -0.39 is 35.2 Å². The van der Waals surface area contributed by atoms with E-state index in [1.54, 1.807) is 31.2 Å². The summed E-state index contributed by atoms with van der Waals surface area (Å²) in [6, 6.07) is 16.7. The molecule has 4 rings (SSSR count). The molecule has 3 aromatic carbocycles. The number of esters is 2. The molecular weight excluding hydrogens is 508 g/mol. The van der Waals surface area contributed by atoms with Gasteiger partial charge in [0.2, 0.25) is 5.91 Å². The SMILES string of the molecule is COc1cccc(C(=O)Oc2ccc(C(=O)COC(=O)[C@H]3CC(=O)N(c4ccc(C)c([N+](=O)[O-])c4)C3)cc2)c1. The fourth-order valence-corrected chi connectivity index (χ4v) is 4.04. The van der Waals surface area contributed by atoms with Gasteiger partial charge in [-0.2, -0.15) is 0 Å². The average Bonchev–Trinajstić information content (AvgIpc) is 3.33. The summed E-state index contributed by atoms with van der Waals surface area (Å²) >= 11 is 0. The van der Waals surface area contributed by atoms with Crippen LogP contribution >= 0.6 is 0 Å². The molecule has 1 fully saturated rings. The number of methoxy groups -OCH3 is 1. The van der Waals surface area contributed by atoms with Gasteiger partial charge in [-0.1, -0.05) is 12.1 Å². The van der Waals surface area contributed by atoms with Crippen molar-refractivity contribution >= 4 is 35.0 Å². The Labute approximate surface area is 223 Å². The minimum absolute atomic E-state index is 0.0145. The lowest BCUT2D eigenvalue weighted by atomic mass is 10.1. The Morgan fingerprint density at radius 1 is 1.00 bits per heavy atom. The molecule has 0 bridgehead atoms. The first kappa shape index (κ1) is 27.0. The number of nitrogens with zero attached hydrogens (tertiary/aromatic N) is 2. The summed E-state index contributed by atoms with van der Waals surface area (Å²) in [6.07, 6.45) is -0.137. The zero-order valence-corrected chi connectivity index (χ0v) is 21.1. The molecule has 11 heteroatoms. The predicted molar refractivity (Wildman–Crippen MR) is 138 cm³/mol. The normalized spacial score (nSPS) is 14.6. The third-order valence-corrected chi connectivity index (χ3v) is 6.20. The van der Waals surface area contributed by atoms with Gasteiger partial charge in [0, 0.05) is 30.2 Å². The van der Waals surface area contributed by atoms with Gasteiger partial charge in [0.1, 0.15) is 11.5 Å². The van der Waals surface area contributed by atoms with E-state index >= 15 is 0 Å². The standard InChI is InChI=1S/C28H24N2O9/c1-17-6-9-21(14-24(17)30(35)36)29-15-20(13-26(29)32)27(33)38-16-25(31)18-7-10-22(11-8-18)39-28(34)19-4-3-5-23(12-19)37-2/h3-12,14,20H,13,15-16H2,1-2H3/t20-/m0/s1. The van der Waals surface area contributed by atoms with E-state index in [-0.39, 0.29) is 35.9 Å². The molecule has 11 nitrogen and oxygen atoms in total. The Balaban J connectivity index is 1.31. The van der Waals surface area contributed by atoms with Crippen LogP contribution in [-0.4, -0.2) is 48.8 Å². The van der Waals surface area contributed by atoms with E-state index in [9.17, 15) is 29.3 Å². The minimum atomic E-state index is -0.816. The van der Waals surface area contributed by atoms with E-state index in [1.807, 2.05) is 0 Å². The molecule has 0 spiro atoms. The third-order valence-electron chi connectivity index (χ3n) is 6.20. The maximum Gasteiger partial charge on any atom is 0.343 e. The fraction of sp³-hybridized carbons (Fsp3) is 0.214. The number of carbonyl (C=O) groups is 4. The molecule has 200 valence electrons. The van der Waals surface area contributed by atoms with Gasteiger partial charge in [0.15, 0.2) is 12.4 Å². The number of Topliss-reactive ketones (excluding diaryl/α,β-unsaturated/α-hetero) is 1. The van der Waals surface area contributed by atoms with Crippen LogP contribution in [0.5, 0.6) is 11.5 Å². The van der Waals surface area contributed by atoms with Crippen molar-refractivity contribution < 1.29 is 38.3 Å². The number of aryl methyl sites for hydroxylation is 1. The zero-order valence-electron chi connectivity index (χ0n) is 21.1. The molecule has 0 aliphatic carbocycles. The highest BCUT2D eigenvalue weighted by Gasteiger charge is 2.37. The van der Waals surface area contributed by atoms with Gasteiger partial charge in [0.25, 0.3) is 5.69 Å². The number of hydrogen-bond donors (Lipinski definition) is 0. The molecular formula is C28H24N2O9. The van der Waals surface area contributed by atoms with Crippen molar-refractivity contribution in [1.82, 2.24) is 0 Å². The minimum Gasteiger partial charge on any atom is -0.497 e. The molecule has 0 unspecified atom stereocenters. The molecule has 1 saturated heterocycles. The number of ether oxygens (including phenoxy) is 3. The smallest absolute Gasteiger partial charge is 0.343 e. The molecule has 0 radical (unpaired) electrons. The molecule has 3 aromatic rings. The van der Waals surface area contributed by atoms with Gasteiger partial charge in [-0.15, -0.1) is 0 Å². The van der Waals surface area contributed by atoms with E-state index in [0.717, 1.165) is 0 Å². The molecule has 1 aliphatic rings. The molecule has 1 aliphatic heterocycles. The molecule has 0 saturated carbocycles. The van der Waals surface area contributed by atoms with Crippen LogP contribution in [0.25, 0.3) is 0 Å². The highest BCUT2D eigenvalue weighted by atomic mass is 16.6. The largest absolute Gasteiger partial charge is 0.497 e. The van der Waals surface area contributed by atoms with Gasteiger partial charge in [-0.25, -0.2) is 4.79 Å².